The van der Waals surface area contributed by atoms with Gasteiger partial charge in [-0.1, -0.05) is 63.9 Å². The lowest BCUT2D eigenvalue weighted by atomic mass is 9.88. The minimum absolute atomic E-state index is 0.205. The van der Waals surface area contributed by atoms with Crippen LogP contribution in [0.1, 0.15) is 57.6 Å². The van der Waals surface area contributed by atoms with Gasteiger partial charge in [0.1, 0.15) is 5.82 Å². The molecule has 0 saturated carbocycles. The van der Waals surface area contributed by atoms with Gasteiger partial charge in [0.25, 0.3) is 5.91 Å². The lowest BCUT2D eigenvalue weighted by Gasteiger charge is -2.25. The summed E-state index contributed by atoms with van der Waals surface area (Å²) in [5.41, 5.74) is 2.80. The molecule has 182 valence electrons. The molecule has 0 saturated heterocycles. The average molecular weight is 468 g/mol. The summed E-state index contributed by atoms with van der Waals surface area (Å²) >= 11 is 0. The van der Waals surface area contributed by atoms with Crippen LogP contribution < -0.4 is 10.6 Å². The Morgan fingerprint density at radius 1 is 1.18 bits per heavy atom. The fourth-order valence-corrected chi connectivity index (χ4v) is 4.17. The van der Waals surface area contributed by atoms with E-state index in [1.165, 1.54) is 12.1 Å². The molecule has 0 aliphatic carbocycles. The van der Waals surface area contributed by atoms with Crippen molar-refractivity contribution in [2.45, 2.75) is 65.1 Å². The third kappa shape index (κ3) is 6.73. The highest BCUT2D eigenvalue weighted by molar-refractivity contribution is 6.13. The number of unbranched alkanes of at least 4 members (excludes halogenated alkanes) is 1. The second-order valence-corrected chi connectivity index (χ2v) is 9.27. The number of fused-ring (bicyclic) bond motifs is 1. The quantitative estimate of drug-likeness (QED) is 0.482. The molecule has 1 heterocycles. The van der Waals surface area contributed by atoms with E-state index in [2.05, 4.69) is 15.6 Å². The van der Waals surface area contributed by atoms with Gasteiger partial charge in [-0.25, -0.2) is 4.39 Å². The Morgan fingerprint density at radius 2 is 1.88 bits per heavy atom. The molecule has 0 spiro atoms. The van der Waals surface area contributed by atoms with Crippen molar-refractivity contribution < 1.29 is 19.1 Å². The number of anilines is 1. The third-order valence-corrected chi connectivity index (χ3v) is 5.97. The summed E-state index contributed by atoms with van der Waals surface area (Å²) in [5.74, 6) is -1.57. The summed E-state index contributed by atoms with van der Waals surface area (Å²) in [4.78, 5) is 30.9. The van der Waals surface area contributed by atoms with E-state index in [1.807, 2.05) is 39.0 Å². The highest BCUT2D eigenvalue weighted by Crippen LogP contribution is 2.24. The Morgan fingerprint density at radius 3 is 2.56 bits per heavy atom. The molecule has 0 bridgehead atoms. The molecule has 3 unspecified atom stereocenters. The molecule has 7 heteroatoms. The number of benzodiazepines with no additional fused rings is 1. The zero-order valence-electron chi connectivity index (χ0n) is 20.1. The highest BCUT2D eigenvalue weighted by Gasteiger charge is 2.32. The number of amides is 2. The molecular weight excluding hydrogens is 433 g/mol. The maximum absolute atomic E-state index is 13.4. The van der Waals surface area contributed by atoms with Crippen molar-refractivity contribution in [3.8, 4) is 0 Å². The molecule has 3 rings (SSSR count). The van der Waals surface area contributed by atoms with Crippen LogP contribution in [0.3, 0.4) is 0 Å². The van der Waals surface area contributed by atoms with E-state index in [4.69, 9.17) is 0 Å². The maximum atomic E-state index is 13.4. The van der Waals surface area contributed by atoms with Gasteiger partial charge in [-0.3, -0.25) is 14.6 Å². The smallest absolute Gasteiger partial charge is 0.269 e. The Bertz CT molecular complexity index is 1020. The number of para-hydroxylation sites is 1. The lowest BCUT2D eigenvalue weighted by molar-refractivity contribution is -0.132. The van der Waals surface area contributed by atoms with Gasteiger partial charge in [0.15, 0.2) is 0 Å². The van der Waals surface area contributed by atoms with Crippen LogP contribution in [-0.2, 0) is 16.0 Å². The van der Waals surface area contributed by atoms with E-state index in [0.29, 0.717) is 30.7 Å². The normalized spacial score (nSPS) is 17.3. The van der Waals surface area contributed by atoms with Crippen LogP contribution in [0.4, 0.5) is 10.1 Å². The number of aliphatic imine (C=N–C) groups is 1. The van der Waals surface area contributed by atoms with Crippen LogP contribution in [0.2, 0.25) is 0 Å². The highest BCUT2D eigenvalue weighted by atomic mass is 19.1. The van der Waals surface area contributed by atoms with Crippen LogP contribution in [0.25, 0.3) is 0 Å². The van der Waals surface area contributed by atoms with Crippen LogP contribution in [0, 0.1) is 17.7 Å². The second-order valence-electron chi connectivity index (χ2n) is 9.27. The summed E-state index contributed by atoms with van der Waals surface area (Å²) in [5, 5.41) is 16.3. The van der Waals surface area contributed by atoms with Crippen molar-refractivity contribution in [1.29, 1.82) is 0 Å². The first kappa shape index (κ1) is 25.6. The number of rotatable bonds is 10. The average Bonchev–Trinajstić information content (AvgIpc) is 2.93. The van der Waals surface area contributed by atoms with Crippen LogP contribution in [0.5, 0.6) is 0 Å². The predicted octanol–water partition coefficient (Wildman–Crippen LogP) is 4.47. The summed E-state index contributed by atoms with van der Waals surface area (Å²) in [6, 6.07) is 13.4. The molecule has 0 radical (unpaired) electrons. The number of nitrogens with one attached hydrogen (secondary N) is 2. The van der Waals surface area contributed by atoms with Crippen LogP contribution in [0.15, 0.2) is 53.5 Å². The molecule has 3 N–H and O–H groups in total. The molecule has 6 nitrogen and oxygen atoms in total. The molecule has 1 aliphatic rings. The number of nitrogens with zero attached hydrogens (tertiary/aromatic N) is 1. The number of halogens is 1. The zero-order chi connectivity index (χ0) is 24.7. The molecular formula is C27H34FN3O3. The van der Waals surface area contributed by atoms with E-state index in [1.54, 1.807) is 18.2 Å². The maximum Gasteiger partial charge on any atom is 0.269 e. The fraction of sp³-hybridized carbons (Fsp3) is 0.444. The summed E-state index contributed by atoms with van der Waals surface area (Å²) in [6.07, 6.45) is 1.24. The number of carbonyl (C=O) groups excluding carboxylic acids is 2. The Hall–Kier alpha value is -3.06. The van der Waals surface area contributed by atoms with Crippen molar-refractivity contribution in [2.24, 2.45) is 16.8 Å². The van der Waals surface area contributed by atoms with Crippen molar-refractivity contribution in [3.63, 3.8) is 0 Å². The number of benzene rings is 2. The minimum atomic E-state index is -1.14. The first-order valence-corrected chi connectivity index (χ1v) is 12.0. The number of hydrogen-bond donors (Lipinski definition) is 3. The fourth-order valence-electron chi connectivity index (χ4n) is 4.17. The standard InChI is InChI=1S/C27H34FN3O3/c1-4-5-10-24(32)21(15-17(2)3)26(33)31-25-27(34)30-22-9-7-6-8-20(22)23(29-25)16-18-11-13-19(28)14-12-18/h6-9,11-14,17,21,24-25,32H,4-5,10,15-16H2,1-3H3,(H,30,34)(H,31,33). The summed E-state index contributed by atoms with van der Waals surface area (Å²) < 4.78 is 13.4. The van der Waals surface area contributed by atoms with Gasteiger partial charge in [-0.2, -0.15) is 0 Å². The van der Waals surface area contributed by atoms with E-state index in [-0.39, 0.29) is 17.6 Å². The Balaban J connectivity index is 1.88. The number of hydrogen-bond acceptors (Lipinski definition) is 4. The molecule has 0 aromatic heterocycles. The molecule has 2 aromatic rings. The van der Waals surface area contributed by atoms with Gasteiger partial charge in [0.05, 0.1) is 17.7 Å². The van der Waals surface area contributed by atoms with Gasteiger partial charge in [-0.15, -0.1) is 0 Å². The SMILES string of the molecule is CCCCC(O)C(CC(C)C)C(=O)NC1N=C(Cc2ccc(F)cc2)c2ccccc2NC1=O. The number of aliphatic hydroxyl groups is 1. The third-order valence-electron chi connectivity index (χ3n) is 5.97. The van der Waals surface area contributed by atoms with Crippen molar-refractivity contribution in [2.75, 3.05) is 5.32 Å². The molecule has 2 aromatic carbocycles. The second kappa shape index (κ2) is 11.9. The Kier molecular flexibility index (Phi) is 8.93. The summed E-state index contributed by atoms with van der Waals surface area (Å²) in [7, 11) is 0. The van der Waals surface area contributed by atoms with E-state index in [0.717, 1.165) is 24.0 Å². The number of aliphatic hydroxyl groups excluding tert-OH is 1. The molecule has 34 heavy (non-hydrogen) atoms. The van der Waals surface area contributed by atoms with Gasteiger partial charge in [0.2, 0.25) is 12.1 Å². The summed E-state index contributed by atoms with van der Waals surface area (Å²) in [6.45, 7) is 6.04. The van der Waals surface area contributed by atoms with Gasteiger partial charge < -0.3 is 15.7 Å². The first-order valence-electron chi connectivity index (χ1n) is 12.0. The molecule has 1 aliphatic heterocycles. The lowest BCUT2D eigenvalue weighted by Crippen LogP contribution is -2.47. The zero-order valence-corrected chi connectivity index (χ0v) is 20.1. The molecule has 3 atom stereocenters. The predicted molar refractivity (Wildman–Crippen MR) is 132 cm³/mol. The number of carbonyl (C=O) groups is 2. The van der Waals surface area contributed by atoms with Crippen molar-refractivity contribution in [1.82, 2.24) is 5.32 Å². The van der Waals surface area contributed by atoms with E-state index < -0.39 is 24.1 Å². The first-order chi connectivity index (χ1) is 16.3. The van der Waals surface area contributed by atoms with E-state index in [9.17, 15) is 19.1 Å². The van der Waals surface area contributed by atoms with Crippen LogP contribution >= 0.6 is 0 Å². The van der Waals surface area contributed by atoms with Crippen LogP contribution in [-0.4, -0.2) is 34.9 Å². The minimum Gasteiger partial charge on any atom is -0.392 e. The molecule has 0 fully saturated rings. The monoisotopic (exact) mass is 467 g/mol. The molecule has 2 amide bonds. The van der Waals surface area contributed by atoms with Gasteiger partial charge in [0, 0.05) is 17.7 Å². The van der Waals surface area contributed by atoms with Gasteiger partial charge in [-0.05, 0) is 42.5 Å². The van der Waals surface area contributed by atoms with Crippen molar-refractivity contribution in [3.05, 3.63) is 65.5 Å². The van der Waals surface area contributed by atoms with E-state index >= 15 is 0 Å². The topological polar surface area (TPSA) is 90.8 Å². The van der Waals surface area contributed by atoms with Gasteiger partial charge >= 0.3 is 0 Å². The van der Waals surface area contributed by atoms with Crippen molar-refractivity contribution >= 4 is 23.2 Å². The largest absolute Gasteiger partial charge is 0.392 e. The Labute approximate surface area is 200 Å².